The van der Waals surface area contributed by atoms with Gasteiger partial charge in [0.15, 0.2) is 0 Å². The fraction of sp³-hybridized carbons (Fsp3) is 0.278. The summed E-state index contributed by atoms with van der Waals surface area (Å²) in [5.41, 5.74) is 11.7. The summed E-state index contributed by atoms with van der Waals surface area (Å²) in [6.45, 7) is 1.84. The van der Waals surface area contributed by atoms with Gasteiger partial charge in [-0.05, 0) is 12.5 Å². The van der Waals surface area contributed by atoms with Crippen molar-refractivity contribution in [1.82, 2.24) is 4.98 Å². The molecule has 0 aliphatic carbocycles. The Morgan fingerprint density at radius 2 is 1.81 bits per heavy atom. The Kier molecular flexibility index (Phi) is 8.37. The maximum atomic E-state index is 11.9. The van der Waals surface area contributed by atoms with Crippen LogP contribution in [0.1, 0.15) is 43.0 Å². The Morgan fingerprint density at radius 3 is 2.33 bits per heavy atom. The lowest BCUT2D eigenvalue weighted by Crippen LogP contribution is -2.20. The third kappa shape index (κ3) is 7.10. The minimum absolute atomic E-state index is 0.0597. The molecule has 9 nitrogen and oxygen atoms in total. The molecule has 0 bridgehead atoms. The normalized spacial score (nSPS) is 9.81. The van der Waals surface area contributed by atoms with Gasteiger partial charge in [0.2, 0.25) is 5.91 Å². The lowest BCUT2D eigenvalue weighted by molar-refractivity contribution is -0.137. The number of carboxylic acid groups (broad SMARTS) is 1. The van der Waals surface area contributed by atoms with Crippen molar-refractivity contribution in [2.24, 2.45) is 11.5 Å². The highest BCUT2D eigenvalue weighted by molar-refractivity contribution is 6.11. The summed E-state index contributed by atoms with van der Waals surface area (Å²) in [4.78, 5) is 37.1. The average molecular weight is 373 g/mol. The number of carbonyl (C=O) groups is 3. The molecule has 0 unspecified atom stereocenters. The summed E-state index contributed by atoms with van der Waals surface area (Å²) >= 11 is 0. The maximum absolute atomic E-state index is 11.9. The van der Waals surface area contributed by atoms with Crippen LogP contribution in [0.2, 0.25) is 0 Å². The third-order valence-electron chi connectivity index (χ3n) is 3.39. The Bertz CT molecular complexity index is 851. The van der Waals surface area contributed by atoms with Gasteiger partial charge < -0.3 is 21.9 Å². The highest BCUT2D eigenvalue weighted by Gasteiger charge is 2.15. The minimum atomic E-state index is -0.711. The molecule has 2 aromatic rings. The molecule has 0 spiro atoms. The van der Waals surface area contributed by atoms with Gasteiger partial charge >= 0.3 is 5.97 Å². The first-order chi connectivity index (χ1) is 12.8. The number of aromatic nitrogens is 1. The van der Waals surface area contributed by atoms with Gasteiger partial charge in [0.25, 0.3) is 5.91 Å². The van der Waals surface area contributed by atoms with Crippen LogP contribution in [0.15, 0.2) is 30.5 Å². The first kappa shape index (κ1) is 21.6. The van der Waals surface area contributed by atoms with Gasteiger partial charge in [-0.25, -0.2) is 0 Å². The number of fused-ring (bicyclic) bond motifs is 1. The predicted molar refractivity (Wildman–Crippen MR) is 103 cm³/mol. The van der Waals surface area contributed by atoms with E-state index >= 15 is 0 Å². The van der Waals surface area contributed by atoms with Crippen LogP contribution in [0, 0.1) is 5.41 Å². The molecule has 0 atom stereocenters. The molecule has 9 heteroatoms. The average Bonchev–Trinajstić information content (AvgIpc) is 2.60. The lowest BCUT2D eigenvalue weighted by Gasteiger charge is -2.11. The van der Waals surface area contributed by atoms with E-state index in [9.17, 15) is 14.4 Å². The van der Waals surface area contributed by atoms with Gasteiger partial charge in [0.1, 0.15) is 0 Å². The fourth-order valence-electron chi connectivity index (χ4n) is 2.13. The number of pyridine rings is 1. The van der Waals surface area contributed by atoms with E-state index in [1.54, 1.807) is 24.3 Å². The SMILES string of the molecule is CCCC(=O)O.N=C(N)CCC(=O)Nc1c(C(N)=O)cnc2ccccc12. The number of hydrogen-bond acceptors (Lipinski definition) is 5. The highest BCUT2D eigenvalue weighted by atomic mass is 16.4. The quantitative estimate of drug-likeness (QED) is 0.366. The number of nitrogens with zero attached hydrogens (tertiary/aromatic N) is 1. The van der Waals surface area contributed by atoms with Crippen LogP contribution >= 0.6 is 0 Å². The number of carbonyl (C=O) groups excluding carboxylic acids is 2. The van der Waals surface area contributed by atoms with E-state index in [1.165, 1.54) is 6.20 Å². The number of para-hydroxylation sites is 1. The molecule has 2 rings (SSSR count). The molecule has 1 heterocycles. The van der Waals surface area contributed by atoms with Crippen molar-refractivity contribution < 1.29 is 19.5 Å². The molecule has 1 aromatic heterocycles. The van der Waals surface area contributed by atoms with E-state index in [-0.39, 0.29) is 30.1 Å². The van der Waals surface area contributed by atoms with Crippen molar-refractivity contribution in [3.8, 4) is 0 Å². The van der Waals surface area contributed by atoms with Crippen LogP contribution in [0.4, 0.5) is 5.69 Å². The lowest BCUT2D eigenvalue weighted by atomic mass is 10.1. The number of amidine groups is 1. The summed E-state index contributed by atoms with van der Waals surface area (Å²) in [5.74, 6) is -1.79. The van der Waals surface area contributed by atoms with E-state index in [1.807, 2.05) is 6.92 Å². The monoisotopic (exact) mass is 373 g/mol. The van der Waals surface area contributed by atoms with Crippen molar-refractivity contribution in [3.63, 3.8) is 0 Å². The Morgan fingerprint density at radius 1 is 1.15 bits per heavy atom. The second kappa shape index (κ2) is 10.5. The van der Waals surface area contributed by atoms with Gasteiger partial charge in [-0.15, -0.1) is 0 Å². The van der Waals surface area contributed by atoms with Crippen LogP contribution in [-0.4, -0.2) is 33.7 Å². The van der Waals surface area contributed by atoms with Gasteiger partial charge in [-0.1, -0.05) is 25.1 Å². The minimum Gasteiger partial charge on any atom is -0.481 e. The number of amides is 2. The Labute approximate surface area is 156 Å². The molecular formula is C18H23N5O4. The molecule has 0 radical (unpaired) electrons. The van der Waals surface area contributed by atoms with Crippen LogP contribution < -0.4 is 16.8 Å². The maximum Gasteiger partial charge on any atom is 0.303 e. The second-order valence-corrected chi connectivity index (χ2v) is 5.65. The number of hydrogen-bond donors (Lipinski definition) is 5. The van der Waals surface area contributed by atoms with Crippen molar-refractivity contribution in [1.29, 1.82) is 5.41 Å². The van der Waals surface area contributed by atoms with Gasteiger partial charge in [0, 0.05) is 30.8 Å². The number of anilines is 1. The largest absolute Gasteiger partial charge is 0.481 e. The Hall–Kier alpha value is -3.49. The molecule has 27 heavy (non-hydrogen) atoms. The zero-order chi connectivity index (χ0) is 20.4. The van der Waals surface area contributed by atoms with Crippen LogP contribution in [0.25, 0.3) is 10.9 Å². The number of carboxylic acids is 1. The summed E-state index contributed by atoms with van der Waals surface area (Å²) in [6, 6.07) is 7.10. The van der Waals surface area contributed by atoms with E-state index in [0.29, 0.717) is 23.0 Å². The standard InChI is InChI=1S/C14H15N5O2.C4H8O2/c15-11(16)5-6-12(20)19-13-8-3-1-2-4-10(8)18-7-9(13)14(17)21;1-2-3-4(5)6/h1-4,7H,5-6H2,(H3,15,16)(H2,17,21)(H,18,19,20);2-3H2,1H3,(H,5,6). The van der Waals surface area contributed by atoms with E-state index < -0.39 is 11.9 Å². The first-order valence-corrected chi connectivity index (χ1v) is 8.28. The number of rotatable bonds is 7. The summed E-state index contributed by atoms with van der Waals surface area (Å²) in [6.07, 6.45) is 2.57. The summed E-state index contributed by atoms with van der Waals surface area (Å²) < 4.78 is 0. The number of nitrogens with two attached hydrogens (primary N) is 2. The fourth-order valence-corrected chi connectivity index (χ4v) is 2.13. The zero-order valence-electron chi connectivity index (χ0n) is 15.0. The summed E-state index contributed by atoms with van der Waals surface area (Å²) in [7, 11) is 0. The van der Waals surface area contributed by atoms with Gasteiger partial charge in [0.05, 0.1) is 22.6 Å². The first-order valence-electron chi connectivity index (χ1n) is 8.28. The molecule has 0 aliphatic rings. The Balaban J connectivity index is 0.000000527. The van der Waals surface area contributed by atoms with Gasteiger partial charge in [-0.3, -0.25) is 24.8 Å². The predicted octanol–water partition coefficient (Wildman–Crippen LogP) is 1.86. The van der Waals surface area contributed by atoms with E-state index in [0.717, 1.165) is 6.42 Å². The molecular weight excluding hydrogens is 350 g/mol. The zero-order valence-corrected chi connectivity index (χ0v) is 15.0. The number of benzene rings is 1. The number of nitrogens with one attached hydrogen (secondary N) is 2. The molecule has 0 saturated heterocycles. The van der Waals surface area contributed by atoms with Gasteiger partial charge in [-0.2, -0.15) is 0 Å². The van der Waals surface area contributed by atoms with E-state index in [2.05, 4.69) is 10.3 Å². The second-order valence-electron chi connectivity index (χ2n) is 5.65. The smallest absolute Gasteiger partial charge is 0.303 e. The van der Waals surface area contributed by atoms with Crippen LogP contribution in [0.5, 0.6) is 0 Å². The van der Waals surface area contributed by atoms with Crippen molar-refractivity contribution in [2.75, 3.05) is 5.32 Å². The molecule has 144 valence electrons. The molecule has 2 amide bonds. The molecule has 1 aromatic carbocycles. The molecule has 0 aliphatic heterocycles. The molecule has 7 N–H and O–H groups in total. The topological polar surface area (TPSA) is 172 Å². The number of primary amides is 1. The van der Waals surface area contributed by atoms with Crippen molar-refractivity contribution in [3.05, 3.63) is 36.0 Å². The van der Waals surface area contributed by atoms with E-state index in [4.69, 9.17) is 22.0 Å². The highest BCUT2D eigenvalue weighted by Crippen LogP contribution is 2.25. The van der Waals surface area contributed by atoms with Crippen LogP contribution in [0.3, 0.4) is 0 Å². The molecule has 0 fully saturated rings. The summed E-state index contributed by atoms with van der Waals surface area (Å²) in [5, 5.41) is 18.3. The van der Waals surface area contributed by atoms with Crippen molar-refractivity contribution in [2.45, 2.75) is 32.6 Å². The van der Waals surface area contributed by atoms with Crippen molar-refractivity contribution >= 4 is 40.2 Å². The number of aliphatic carboxylic acids is 1. The third-order valence-corrected chi connectivity index (χ3v) is 3.39. The van der Waals surface area contributed by atoms with Crippen LogP contribution in [-0.2, 0) is 9.59 Å². The molecule has 0 saturated carbocycles.